The van der Waals surface area contributed by atoms with E-state index >= 15 is 0 Å². The SMILES string of the molecule is CC(C)c1cc(CC(C)(C)C)ncn1. The minimum absolute atomic E-state index is 0.294. The van der Waals surface area contributed by atoms with Crippen molar-refractivity contribution >= 4 is 0 Å². The van der Waals surface area contributed by atoms with E-state index in [1.54, 1.807) is 6.33 Å². The zero-order valence-electron chi connectivity index (χ0n) is 9.83. The topological polar surface area (TPSA) is 25.8 Å². The molecule has 1 aromatic heterocycles. The minimum Gasteiger partial charge on any atom is -0.241 e. The average Bonchev–Trinajstić information content (AvgIpc) is 2.01. The molecule has 0 bridgehead atoms. The molecule has 0 radical (unpaired) electrons. The summed E-state index contributed by atoms with van der Waals surface area (Å²) in [5.74, 6) is 0.483. The van der Waals surface area contributed by atoms with E-state index in [-0.39, 0.29) is 0 Å². The van der Waals surface area contributed by atoms with Gasteiger partial charge in [-0.25, -0.2) is 9.97 Å². The maximum Gasteiger partial charge on any atom is 0.115 e. The van der Waals surface area contributed by atoms with Gasteiger partial charge in [-0.2, -0.15) is 0 Å². The maximum absolute atomic E-state index is 4.30. The third-order valence-electron chi connectivity index (χ3n) is 2.05. The quantitative estimate of drug-likeness (QED) is 0.719. The predicted molar refractivity (Wildman–Crippen MR) is 59.3 cm³/mol. The molecular formula is C12H20N2. The zero-order valence-corrected chi connectivity index (χ0v) is 9.83. The van der Waals surface area contributed by atoms with E-state index in [0.717, 1.165) is 17.8 Å². The van der Waals surface area contributed by atoms with Crippen molar-refractivity contribution in [2.75, 3.05) is 0 Å². The smallest absolute Gasteiger partial charge is 0.115 e. The van der Waals surface area contributed by atoms with Crippen molar-refractivity contribution in [1.82, 2.24) is 9.97 Å². The number of hydrogen-bond acceptors (Lipinski definition) is 2. The van der Waals surface area contributed by atoms with E-state index < -0.39 is 0 Å². The van der Waals surface area contributed by atoms with Crippen molar-refractivity contribution in [3.05, 3.63) is 23.8 Å². The third-order valence-corrected chi connectivity index (χ3v) is 2.05. The van der Waals surface area contributed by atoms with Gasteiger partial charge in [-0.15, -0.1) is 0 Å². The molecule has 2 nitrogen and oxygen atoms in total. The molecule has 1 aromatic rings. The molecule has 1 heterocycles. The van der Waals surface area contributed by atoms with Gasteiger partial charge < -0.3 is 0 Å². The van der Waals surface area contributed by atoms with E-state index in [1.807, 2.05) is 0 Å². The fraction of sp³-hybridized carbons (Fsp3) is 0.667. The first kappa shape index (κ1) is 11.2. The number of nitrogens with zero attached hydrogens (tertiary/aromatic N) is 2. The molecule has 0 aromatic carbocycles. The molecule has 0 saturated carbocycles. The van der Waals surface area contributed by atoms with Crippen LogP contribution in [0.15, 0.2) is 12.4 Å². The lowest BCUT2D eigenvalue weighted by molar-refractivity contribution is 0.405. The monoisotopic (exact) mass is 192 g/mol. The molecule has 0 unspecified atom stereocenters. The third kappa shape index (κ3) is 3.44. The molecule has 0 aliphatic carbocycles. The molecular weight excluding hydrogens is 172 g/mol. The Hall–Kier alpha value is -0.920. The zero-order chi connectivity index (χ0) is 10.8. The van der Waals surface area contributed by atoms with Crippen LogP contribution in [0.25, 0.3) is 0 Å². The fourth-order valence-electron chi connectivity index (χ4n) is 1.37. The molecule has 0 amide bonds. The first-order valence-electron chi connectivity index (χ1n) is 5.19. The lowest BCUT2D eigenvalue weighted by atomic mass is 9.90. The minimum atomic E-state index is 0.294. The van der Waals surface area contributed by atoms with Crippen molar-refractivity contribution in [3.8, 4) is 0 Å². The maximum atomic E-state index is 4.30. The Kier molecular flexibility index (Phi) is 3.25. The molecule has 0 aliphatic rings. The summed E-state index contributed by atoms with van der Waals surface area (Å²) in [6.07, 6.45) is 2.69. The van der Waals surface area contributed by atoms with Gasteiger partial charge in [0.25, 0.3) is 0 Å². The van der Waals surface area contributed by atoms with Crippen LogP contribution in [-0.4, -0.2) is 9.97 Å². The van der Waals surface area contributed by atoms with Crippen LogP contribution in [0, 0.1) is 5.41 Å². The summed E-state index contributed by atoms with van der Waals surface area (Å²) in [4.78, 5) is 8.55. The molecule has 78 valence electrons. The fourth-order valence-corrected chi connectivity index (χ4v) is 1.37. The van der Waals surface area contributed by atoms with Crippen LogP contribution < -0.4 is 0 Å². The highest BCUT2D eigenvalue weighted by molar-refractivity contribution is 5.12. The Morgan fingerprint density at radius 2 is 1.86 bits per heavy atom. The molecule has 0 saturated heterocycles. The van der Waals surface area contributed by atoms with Crippen molar-refractivity contribution in [2.24, 2.45) is 5.41 Å². The van der Waals surface area contributed by atoms with Crippen LogP contribution in [0.1, 0.15) is 51.9 Å². The molecule has 2 heteroatoms. The lowest BCUT2D eigenvalue weighted by Gasteiger charge is -2.17. The van der Waals surface area contributed by atoms with Crippen LogP contribution in [0.3, 0.4) is 0 Å². The molecule has 0 fully saturated rings. The first-order chi connectivity index (χ1) is 6.38. The number of rotatable bonds is 2. The van der Waals surface area contributed by atoms with Gasteiger partial charge >= 0.3 is 0 Å². The number of hydrogen-bond donors (Lipinski definition) is 0. The standard InChI is InChI=1S/C12H20N2/c1-9(2)11-6-10(13-8-14-11)7-12(3,4)5/h6,8-9H,7H2,1-5H3. The van der Waals surface area contributed by atoms with Gasteiger partial charge in [0, 0.05) is 11.4 Å². The summed E-state index contributed by atoms with van der Waals surface area (Å²) in [6, 6.07) is 2.12. The Balaban J connectivity index is 2.84. The van der Waals surface area contributed by atoms with Gasteiger partial charge in [-0.05, 0) is 23.8 Å². The second-order valence-electron chi connectivity index (χ2n) is 5.33. The van der Waals surface area contributed by atoms with Crippen molar-refractivity contribution in [3.63, 3.8) is 0 Å². The van der Waals surface area contributed by atoms with E-state index in [4.69, 9.17) is 0 Å². The Bertz CT molecular complexity index is 297. The average molecular weight is 192 g/mol. The van der Waals surface area contributed by atoms with Gasteiger partial charge in [-0.1, -0.05) is 34.6 Å². The van der Waals surface area contributed by atoms with Gasteiger partial charge in [0.1, 0.15) is 6.33 Å². The highest BCUT2D eigenvalue weighted by atomic mass is 14.8. The second kappa shape index (κ2) is 4.07. The second-order valence-corrected chi connectivity index (χ2v) is 5.33. The summed E-state index contributed by atoms with van der Waals surface area (Å²) in [5.41, 5.74) is 2.58. The van der Waals surface area contributed by atoms with Crippen LogP contribution >= 0.6 is 0 Å². The van der Waals surface area contributed by atoms with E-state index in [0.29, 0.717) is 11.3 Å². The molecule has 0 atom stereocenters. The Morgan fingerprint density at radius 1 is 1.21 bits per heavy atom. The van der Waals surface area contributed by atoms with Crippen molar-refractivity contribution in [2.45, 2.75) is 47.0 Å². The van der Waals surface area contributed by atoms with Gasteiger partial charge in [-0.3, -0.25) is 0 Å². The summed E-state index contributed by atoms with van der Waals surface area (Å²) in [5, 5.41) is 0. The first-order valence-corrected chi connectivity index (χ1v) is 5.19. The highest BCUT2D eigenvalue weighted by Crippen LogP contribution is 2.20. The molecule has 1 rings (SSSR count). The van der Waals surface area contributed by atoms with Crippen LogP contribution in [0.4, 0.5) is 0 Å². The van der Waals surface area contributed by atoms with E-state index in [9.17, 15) is 0 Å². The highest BCUT2D eigenvalue weighted by Gasteiger charge is 2.13. The normalized spacial score (nSPS) is 12.1. The van der Waals surface area contributed by atoms with Crippen LogP contribution in [0.5, 0.6) is 0 Å². The van der Waals surface area contributed by atoms with Gasteiger partial charge in [0.15, 0.2) is 0 Å². The molecule has 0 aliphatic heterocycles. The van der Waals surface area contributed by atoms with Gasteiger partial charge in [0.2, 0.25) is 0 Å². The summed E-state index contributed by atoms with van der Waals surface area (Å²) in [6.45, 7) is 11.0. The summed E-state index contributed by atoms with van der Waals surface area (Å²) in [7, 11) is 0. The largest absolute Gasteiger partial charge is 0.241 e. The lowest BCUT2D eigenvalue weighted by Crippen LogP contribution is -2.11. The van der Waals surface area contributed by atoms with Crippen molar-refractivity contribution in [1.29, 1.82) is 0 Å². The van der Waals surface area contributed by atoms with E-state index in [1.165, 1.54) is 0 Å². The van der Waals surface area contributed by atoms with Gasteiger partial charge in [0.05, 0.1) is 0 Å². The molecule has 0 spiro atoms. The Morgan fingerprint density at radius 3 is 2.36 bits per heavy atom. The van der Waals surface area contributed by atoms with Crippen LogP contribution in [-0.2, 0) is 6.42 Å². The van der Waals surface area contributed by atoms with Crippen molar-refractivity contribution < 1.29 is 0 Å². The summed E-state index contributed by atoms with van der Waals surface area (Å²) >= 11 is 0. The number of aromatic nitrogens is 2. The molecule has 14 heavy (non-hydrogen) atoms. The predicted octanol–water partition coefficient (Wildman–Crippen LogP) is 3.19. The van der Waals surface area contributed by atoms with E-state index in [2.05, 4.69) is 50.7 Å². The van der Waals surface area contributed by atoms with Crippen LogP contribution in [0.2, 0.25) is 0 Å². The molecule has 0 N–H and O–H groups in total. The Labute approximate surface area is 86.8 Å². The summed E-state index contributed by atoms with van der Waals surface area (Å²) < 4.78 is 0.